The van der Waals surface area contributed by atoms with Gasteiger partial charge in [-0.1, -0.05) is 64.1 Å². The molecule has 1 fully saturated rings. The van der Waals surface area contributed by atoms with Gasteiger partial charge in [0.15, 0.2) is 0 Å². The first kappa shape index (κ1) is 29.1. The molecule has 1 aromatic heterocycles. The van der Waals surface area contributed by atoms with Crippen LogP contribution in [0.4, 0.5) is 11.5 Å². The highest BCUT2D eigenvalue weighted by Crippen LogP contribution is 2.32. The minimum atomic E-state index is -0.259. The van der Waals surface area contributed by atoms with Crippen LogP contribution in [0.3, 0.4) is 0 Å². The molecule has 1 saturated heterocycles. The standard InChI is InChI=1S/C34H44N4O3/c1-25(24-34(2,3)4)33(40)38-31(39)17-15-27-14-16-30(35-32(27)38)41-23-8-7-18-36-19-21-37(22-20-36)29-13-9-11-26-10-5-6-12-28(26)29/h5-6,9-14,16,25H,7-8,15,17-24H2,1-4H3. The second kappa shape index (κ2) is 12.6. The van der Waals surface area contributed by atoms with Crippen LogP contribution in [0.15, 0.2) is 54.6 Å². The van der Waals surface area contributed by atoms with Crippen molar-refractivity contribution in [2.24, 2.45) is 11.3 Å². The zero-order valence-corrected chi connectivity index (χ0v) is 25.1. The van der Waals surface area contributed by atoms with Crippen LogP contribution in [0.2, 0.25) is 0 Å². The number of nitrogens with zero attached hydrogens (tertiary/aromatic N) is 4. The number of anilines is 2. The van der Waals surface area contributed by atoms with Gasteiger partial charge in [0.2, 0.25) is 17.7 Å². The van der Waals surface area contributed by atoms with E-state index >= 15 is 0 Å². The smallest absolute Gasteiger partial charge is 0.237 e. The van der Waals surface area contributed by atoms with Crippen molar-refractivity contribution in [2.75, 3.05) is 49.1 Å². The first-order valence-corrected chi connectivity index (χ1v) is 15.1. The summed E-state index contributed by atoms with van der Waals surface area (Å²) in [6.45, 7) is 14.0. The van der Waals surface area contributed by atoms with E-state index in [9.17, 15) is 9.59 Å². The fourth-order valence-corrected chi connectivity index (χ4v) is 6.16. The first-order chi connectivity index (χ1) is 19.7. The predicted molar refractivity (Wildman–Crippen MR) is 166 cm³/mol. The van der Waals surface area contributed by atoms with E-state index in [2.05, 4.69) is 78.0 Å². The zero-order valence-electron chi connectivity index (χ0n) is 25.1. The highest BCUT2D eigenvalue weighted by Gasteiger charge is 2.35. The van der Waals surface area contributed by atoms with Gasteiger partial charge in [-0.25, -0.2) is 4.90 Å². The number of aryl methyl sites for hydroxylation is 1. The molecule has 0 aliphatic carbocycles. The fraction of sp³-hybridized carbons (Fsp3) is 0.500. The van der Waals surface area contributed by atoms with Gasteiger partial charge in [-0.15, -0.1) is 0 Å². The summed E-state index contributed by atoms with van der Waals surface area (Å²) in [5.74, 6) is 0.326. The molecular formula is C34H44N4O3. The van der Waals surface area contributed by atoms with Crippen LogP contribution in [-0.2, 0) is 16.0 Å². The predicted octanol–water partition coefficient (Wildman–Crippen LogP) is 6.09. The molecule has 218 valence electrons. The van der Waals surface area contributed by atoms with Gasteiger partial charge in [-0.3, -0.25) is 14.5 Å². The van der Waals surface area contributed by atoms with Crippen LogP contribution in [-0.4, -0.2) is 61.0 Å². The highest BCUT2D eigenvalue weighted by molar-refractivity contribution is 6.16. The summed E-state index contributed by atoms with van der Waals surface area (Å²) in [6.07, 6.45) is 3.62. The summed E-state index contributed by atoms with van der Waals surface area (Å²) in [6, 6.07) is 19.0. The maximum atomic E-state index is 13.3. The molecular weight excluding hydrogens is 512 g/mol. The van der Waals surface area contributed by atoms with E-state index in [1.54, 1.807) is 0 Å². The van der Waals surface area contributed by atoms with Gasteiger partial charge >= 0.3 is 0 Å². The molecule has 0 saturated carbocycles. The lowest BCUT2D eigenvalue weighted by molar-refractivity contribution is -0.129. The molecule has 0 radical (unpaired) electrons. The molecule has 2 aliphatic rings. The molecule has 41 heavy (non-hydrogen) atoms. The number of unbranched alkanes of at least 4 members (excludes halogenated alkanes) is 1. The number of carbonyl (C=O) groups is 2. The van der Waals surface area contributed by atoms with E-state index in [-0.39, 0.29) is 23.1 Å². The summed E-state index contributed by atoms with van der Waals surface area (Å²) in [5, 5.41) is 2.62. The van der Waals surface area contributed by atoms with Crippen molar-refractivity contribution in [1.82, 2.24) is 9.88 Å². The zero-order chi connectivity index (χ0) is 29.0. The third-order valence-corrected chi connectivity index (χ3v) is 8.16. The fourth-order valence-electron chi connectivity index (χ4n) is 6.16. The summed E-state index contributed by atoms with van der Waals surface area (Å²) in [7, 11) is 0. The van der Waals surface area contributed by atoms with Crippen molar-refractivity contribution < 1.29 is 14.3 Å². The Bertz CT molecular complexity index is 1370. The van der Waals surface area contributed by atoms with Crippen LogP contribution in [0.1, 0.15) is 58.9 Å². The first-order valence-electron chi connectivity index (χ1n) is 15.1. The Kier molecular flexibility index (Phi) is 8.93. The van der Waals surface area contributed by atoms with Crippen LogP contribution in [0, 0.1) is 11.3 Å². The molecule has 1 unspecified atom stereocenters. The minimum Gasteiger partial charge on any atom is -0.478 e. The number of aromatic nitrogens is 1. The normalized spacial score (nSPS) is 17.0. The van der Waals surface area contributed by atoms with Crippen molar-refractivity contribution in [3.8, 4) is 5.88 Å². The van der Waals surface area contributed by atoms with Gasteiger partial charge in [-0.2, -0.15) is 4.98 Å². The Hall–Kier alpha value is -3.45. The van der Waals surface area contributed by atoms with Crippen molar-refractivity contribution in [1.29, 1.82) is 0 Å². The molecule has 7 nitrogen and oxygen atoms in total. The number of pyridine rings is 1. The summed E-state index contributed by atoms with van der Waals surface area (Å²) in [4.78, 5) is 37.1. The lowest BCUT2D eigenvalue weighted by Gasteiger charge is -2.36. The Morgan fingerprint density at radius 1 is 0.951 bits per heavy atom. The van der Waals surface area contributed by atoms with Crippen molar-refractivity contribution in [2.45, 2.75) is 59.8 Å². The van der Waals surface area contributed by atoms with Gasteiger partial charge in [0, 0.05) is 55.7 Å². The Labute approximate surface area is 244 Å². The van der Waals surface area contributed by atoms with E-state index in [1.807, 2.05) is 19.1 Å². The monoisotopic (exact) mass is 556 g/mol. The number of imide groups is 1. The molecule has 3 heterocycles. The molecule has 0 spiro atoms. The van der Waals surface area contributed by atoms with Gasteiger partial charge < -0.3 is 9.64 Å². The molecule has 1 atom stereocenters. The van der Waals surface area contributed by atoms with E-state index in [4.69, 9.17) is 4.74 Å². The molecule has 2 amide bonds. The molecule has 0 N–H and O–H groups in total. The second-order valence-electron chi connectivity index (χ2n) is 12.7. The largest absolute Gasteiger partial charge is 0.478 e. The second-order valence-corrected chi connectivity index (χ2v) is 12.7. The number of rotatable bonds is 9. The molecule has 3 aromatic rings. The quantitative estimate of drug-likeness (QED) is 0.297. The van der Waals surface area contributed by atoms with Crippen molar-refractivity contribution in [3.05, 3.63) is 60.2 Å². The average molecular weight is 557 g/mol. The average Bonchev–Trinajstić information content (AvgIpc) is 2.96. The van der Waals surface area contributed by atoms with Crippen molar-refractivity contribution >= 4 is 34.1 Å². The number of hydrogen-bond donors (Lipinski definition) is 0. The van der Waals surface area contributed by atoms with Crippen LogP contribution in [0.25, 0.3) is 10.8 Å². The summed E-state index contributed by atoms with van der Waals surface area (Å²) < 4.78 is 5.99. The number of carbonyl (C=O) groups excluding carboxylic acids is 2. The minimum absolute atomic E-state index is 0.000503. The van der Waals surface area contributed by atoms with Gasteiger partial charge in [0.25, 0.3) is 0 Å². The van der Waals surface area contributed by atoms with Gasteiger partial charge in [-0.05, 0) is 60.7 Å². The molecule has 0 bridgehead atoms. The van der Waals surface area contributed by atoms with E-state index in [0.717, 1.165) is 51.1 Å². The van der Waals surface area contributed by atoms with Crippen LogP contribution < -0.4 is 14.5 Å². The summed E-state index contributed by atoms with van der Waals surface area (Å²) >= 11 is 0. The molecule has 7 heteroatoms. The lowest BCUT2D eigenvalue weighted by atomic mass is 9.84. The molecule has 2 aromatic carbocycles. The van der Waals surface area contributed by atoms with Gasteiger partial charge in [0.05, 0.1) is 6.61 Å². The number of fused-ring (bicyclic) bond motifs is 2. The van der Waals surface area contributed by atoms with E-state index in [0.29, 0.717) is 37.6 Å². The number of hydrogen-bond acceptors (Lipinski definition) is 6. The Morgan fingerprint density at radius 3 is 2.49 bits per heavy atom. The topological polar surface area (TPSA) is 66.0 Å². The number of ether oxygens (including phenoxy) is 1. The van der Waals surface area contributed by atoms with Crippen LogP contribution >= 0.6 is 0 Å². The summed E-state index contributed by atoms with van der Waals surface area (Å²) in [5.41, 5.74) is 2.26. The third kappa shape index (κ3) is 7.07. The van der Waals surface area contributed by atoms with E-state index < -0.39 is 0 Å². The Morgan fingerprint density at radius 2 is 1.71 bits per heavy atom. The third-order valence-electron chi connectivity index (χ3n) is 8.16. The highest BCUT2D eigenvalue weighted by atomic mass is 16.5. The maximum absolute atomic E-state index is 13.3. The number of benzene rings is 2. The molecule has 2 aliphatic heterocycles. The van der Waals surface area contributed by atoms with Crippen LogP contribution in [0.5, 0.6) is 5.88 Å². The lowest BCUT2D eigenvalue weighted by Crippen LogP contribution is -2.46. The molecule has 5 rings (SSSR count). The van der Waals surface area contributed by atoms with Crippen molar-refractivity contribution in [3.63, 3.8) is 0 Å². The maximum Gasteiger partial charge on any atom is 0.237 e. The SMILES string of the molecule is CC(CC(C)(C)C)C(=O)N1C(=O)CCc2ccc(OCCCCN3CCN(c4cccc5ccccc45)CC3)nc21. The van der Waals surface area contributed by atoms with E-state index in [1.165, 1.54) is 21.4 Å². The number of piperazine rings is 1. The number of amides is 2. The Balaban J connectivity index is 1.09. The van der Waals surface area contributed by atoms with Gasteiger partial charge in [0.1, 0.15) is 5.82 Å².